The Morgan fingerprint density at radius 3 is 2.33 bits per heavy atom. The maximum absolute atomic E-state index is 12.2. The molecule has 0 heterocycles. The highest BCUT2D eigenvalue weighted by molar-refractivity contribution is 5.85. The normalized spacial score (nSPS) is 29.0. The number of carbonyl (C=O) groups is 2. The molecule has 1 fully saturated rings. The van der Waals surface area contributed by atoms with E-state index < -0.39 is 23.9 Å². The summed E-state index contributed by atoms with van der Waals surface area (Å²) in [4.78, 5) is 24.9. The van der Waals surface area contributed by atoms with E-state index in [-0.39, 0.29) is 12.5 Å². The maximum atomic E-state index is 12.2. The first-order valence-electron chi connectivity index (χ1n) is 6.52. The van der Waals surface area contributed by atoms with Crippen molar-refractivity contribution in [1.82, 2.24) is 4.90 Å². The summed E-state index contributed by atoms with van der Waals surface area (Å²) >= 11 is 0. The summed E-state index contributed by atoms with van der Waals surface area (Å²) in [6.07, 6.45) is 1.56. The molecule has 1 rings (SSSR count). The number of nitrogens with zero attached hydrogens (tertiary/aromatic N) is 1. The number of hydrogen-bond acceptors (Lipinski definition) is 3. The Kier molecular flexibility index (Phi) is 5.14. The summed E-state index contributed by atoms with van der Waals surface area (Å²) in [5.74, 6) is -1.72. The number of carbonyl (C=O) groups excluding carboxylic acids is 1. The van der Waals surface area contributed by atoms with Crippen molar-refractivity contribution in [3.8, 4) is 0 Å². The van der Waals surface area contributed by atoms with Crippen LogP contribution in [0.2, 0.25) is 0 Å². The van der Waals surface area contributed by atoms with Crippen LogP contribution in [0.3, 0.4) is 0 Å². The molecule has 4 atom stereocenters. The van der Waals surface area contributed by atoms with Gasteiger partial charge in [-0.25, -0.2) is 0 Å². The number of carboxylic acids is 1. The molecular weight excluding hydrogens is 234 g/mol. The zero-order chi connectivity index (χ0) is 13.9. The zero-order valence-corrected chi connectivity index (χ0v) is 11.3. The average Bonchev–Trinajstić information content (AvgIpc) is 2.71. The van der Waals surface area contributed by atoms with Crippen LogP contribution in [0, 0.1) is 17.8 Å². The molecule has 104 valence electrons. The fraction of sp³-hybridized carbons (Fsp3) is 0.846. The quantitative estimate of drug-likeness (QED) is 0.769. The van der Waals surface area contributed by atoms with E-state index in [9.17, 15) is 19.8 Å². The van der Waals surface area contributed by atoms with E-state index in [4.69, 9.17) is 0 Å². The molecule has 0 aromatic rings. The molecule has 5 heteroatoms. The lowest BCUT2D eigenvalue weighted by Gasteiger charge is -2.24. The molecule has 0 spiro atoms. The minimum atomic E-state index is -0.880. The van der Waals surface area contributed by atoms with Crippen LogP contribution in [0.15, 0.2) is 0 Å². The van der Waals surface area contributed by atoms with Crippen molar-refractivity contribution >= 4 is 11.9 Å². The minimum Gasteiger partial charge on any atom is -0.481 e. The number of rotatable bonds is 5. The predicted octanol–water partition coefficient (Wildman–Crippen LogP) is 0.963. The number of amides is 1. The van der Waals surface area contributed by atoms with E-state index in [2.05, 4.69) is 0 Å². The number of hydrogen-bond donors (Lipinski definition) is 2. The van der Waals surface area contributed by atoms with Gasteiger partial charge in [0.15, 0.2) is 0 Å². The Balaban J connectivity index is 2.73. The number of aliphatic hydroxyl groups is 1. The number of aliphatic hydroxyl groups excluding tert-OH is 1. The van der Waals surface area contributed by atoms with Crippen molar-refractivity contribution < 1.29 is 19.8 Å². The Hall–Kier alpha value is -1.10. The van der Waals surface area contributed by atoms with Gasteiger partial charge in [0.25, 0.3) is 0 Å². The molecule has 1 aliphatic carbocycles. The molecule has 0 saturated heterocycles. The van der Waals surface area contributed by atoms with Gasteiger partial charge in [0.2, 0.25) is 5.91 Å². The van der Waals surface area contributed by atoms with Crippen LogP contribution in [0.25, 0.3) is 0 Å². The lowest BCUT2D eigenvalue weighted by atomic mass is 9.95. The second-order valence-corrected chi connectivity index (χ2v) is 5.36. The molecule has 0 aromatic heterocycles. The van der Waals surface area contributed by atoms with Crippen molar-refractivity contribution in [1.29, 1.82) is 0 Å². The Morgan fingerprint density at radius 2 is 1.89 bits per heavy atom. The van der Waals surface area contributed by atoms with Gasteiger partial charge in [0, 0.05) is 13.6 Å². The Morgan fingerprint density at radius 1 is 1.33 bits per heavy atom. The van der Waals surface area contributed by atoms with Gasteiger partial charge in [-0.15, -0.1) is 0 Å². The number of aliphatic carboxylic acids is 1. The molecule has 1 amide bonds. The van der Waals surface area contributed by atoms with Crippen molar-refractivity contribution in [3.05, 3.63) is 0 Å². The highest BCUT2D eigenvalue weighted by Gasteiger charge is 2.43. The average molecular weight is 257 g/mol. The first kappa shape index (κ1) is 15.0. The second-order valence-electron chi connectivity index (χ2n) is 5.36. The van der Waals surface area contributed by atoms with Gasteiger partial charge in [0.05, 0.1) is 17.9 Å². The largest absolute Gasteiger partial charge is 0.481 e. The molecule has 0 radical (unpaired) electrons. The fourth-order valence-electron chi connectivity index (χ4n) is 2.79. The van der Waals surface area contributed by atoms with E-state index >= 15 is 0 Å². The van der Waals surface area contributed by atoms with Gasteiger partial charge < -0.3 is 15.1 Å². The SMILES string of the molecule is CCC1CC(C(=O)O)C(C(=O)N(C)CC(C)O)C1. The molecule has 0 aliphatic heterocycles. The maximum Gasteiger partial charge on any atom is 0.307 e. The van der Waals surface area contributed by atoms with Crippen molar-refractivity contribution in [3.63, 3.8) is 0 Å². The summed E-state index contributed by atoms with van der Waals surface area (Å²) in [5, 5.41) is 18.5. The molecule has 18 heavy (non-hydrogen) atoms. The van der Waals surface area contributed by atoms with Crippen LogP contribution in [-0.4, -0.2) is 46.7 Å². The van der Waals surface area contributed by atoms with Crippen molar-refractivity contribution in [2.24, 2.45) is 17.8 Å². The lowest BCUT2D eigenvalue weighted by molar-refractivity contribution is -0.149. The van der Waals surface area contributed by atoms with Crippen LogP contribution in [0.5, 0.6) is 0 Å². The smallest absolute Gasteiger partial charge is 0.307 e. The molecular formula is C13H23NO4. The van der Waals surface area contributed by atoms with Gasteiger partial charge in [-0.1, -0.05) is 13.3 Å². The molecule has 2 N–H and O–H groups in total. The summed E-state index contributed by atoms with van der Waals surface area (Å²) in [5.41, 5.74) is 0. The highest BCUT2D eigenvalue weighted by atomic mass is 16.4. The van der Waals surface area contributed by atoms with Crippen LogP contribution < -0.4 is 0 Å². The lowest BCUT2D eigenvalue weighted by Crippen LogP contribution is -2.40. The van der Waals surface area contributed by atoms with E-state index in [1.54, 1.807) is 14.0 Å². The zero-order valence-electron chi connectivity index (χ0n) is 11.3. The first-order chi connectivity index (χ1) is 8.36. The molecule has 0 aromatic carbocycles. The van der Waals surface area contributed by atoms with Crippen LogP contribution >= 0.6 is 0 Å². The van der Waals surface area contributed by atoms with Crippen LogP contribution in [0.4, 0.5) is 0 Å². The van der Waals surface area contributed by atoms with Gasteiger partial charge >= 0.3 is 5.97 Å². The Labute approximate surface area is 108 Å². The summed E-state index contributed by atoms with van der Waals surface area (Å²) in [6, 6.07) is 0. The van der Waals surface area contributed by atoms with Gasteiger partial charge in [-0.2, -0.15) is 0 Å². The van der Waals surface area contributed by atoms with Crippen molar-refractivity contribution in [2.75, 3.05) is 13.6 Å². The standard InChI is InChI=1S/C13H23NO4/c1-4-9-5-10(11(6-9)13(17)18)12(16)14(3)7-8(2)15/h8-11,15H,4-7H2,1-3H3,(H,17,18). The molecule has 0 bridgehead atoms. The summed E-state index contributed by atoms with van der Waals surface area (Å²) < 4.78 is 0. The van der Waals surface area contributed by atoms with E-state index in [0.29, 0.717) is 18.8 Å². The van der Waals surface area contributed by atoms with Gasteiger partial charge in [-0.05, 0) is 25.7 Å². The fourth-order valence-corrected chi connectivity index (χ4v) is 2.79. The number of likely N-dealkylation sites (N-methyl/N-ethyl adjacent to an activating group) is 1. The molecule has 1 aliphatic rings. The first-order valence-corrected chi connectivity index (χ1v) is 6.52. The highest BCUT2D eigenvalue weighted by Crippen LogP contribution is 2.39. The molecule has 1 saturated carbocycles. The third kappa shape index (κ3) is 3.45. The van der Waals surface area contributed by atoms with Crippen LogP contribution in [-0.2, 0) is 9.59 Å². The van der Waals surface area contributed by atoms with Crippen LogP contribution in [0.1, 0.15) is 33.1 Å². The third-order valence-corrected chi connectivity index (χ3v) is 3.79. The number of carboxylic acid groups (broad SMARTS) is 1. The molecule has 4 unspecified atom stereocenters. The van der Waals surface area contributed by atoms with Crippen molar-refractivity contribution in [2.45, 2.75) is 39.2 Å². The van der Waals surface area contributed by atoms with E-state index in [1.165, 1.54) is 4.90 Å². The Bertz CT molecular complexity index is 316. The van der Waals surface area contributed by atoms with E-state index in [0.717, 1.165) is 6.42 Å². The van der Waals surface area contributed by atoms with E-state index in [1.807, 2.05) is 6.92 Å². The predicted molar refractivity (Wildman–Crippen MR) is 66.9 cm³/mol. The van der Waals surface area contributed by atoms with Gasteiger partial charge in [-0.3, -0.25) is 9.59 Å². The molecule has 5 nitrogen and oxygen atoms in total. The second kappa shape index (κ2) is 6.18. The minimum absolute atomic E-state index is 0.153. The summed E-state index contributed by atoms with van der Waals surface area (Å²) in [6.45, 7) is 3.89. The van der Waals surface area contributed by atoms with Gasteiger partial charge in [0.1, 0.15) is 0 Å². The third-order valence-electron chi connectivity index (χ3n) is 3.79. The summed E-state index contributed by atoms with van der Waals surface area (Å²) in [7, 11) is 1.62. The topological polar surface area (TPSA) is 77.8 Å². The monoisotopic (exact) mass is 257 g/mol.